The van der Waals surface area contributed by atoms with E-state index in [2.05, 4.69) is 10.6 Å². The van der Waals surface area contributed by atoms with E-state index in [0.29, 0.717) is 30.9 Å². The minimum atomic E-state index is -0.144. The maximum Gasteiger partial charge on any atom is 0.253 e. The van der Waals surface area contributed by atoms with E-state index >= 15 is 0 Å². The van der Waals surface area contributed by atoms with Gasteiger partial charge in [0.25, 0.3) is 5.91 Å². The van der Waals surface area contributed by atoms with Gasteiger partial charge in [-0.05, 0) is 36.7 Å². The molecule has 0 atom stereocenters. The van der Waals surface area contributed by atoms with Crippen LogP contribution >= 0.6 is 0 Å². The summed E-state index contributed by atoms with van der Waals surface area (Å²) in [5, 5.41) is 5.87. The van der Waals surface area contributed by atoms with E-state index in [1.54, 1.807) is 43.3 Å². The van der Waals surface area contributed by atoms with Crippen LogP contribution in [-0.2, 0) is 16.1 Å². The van der Waals surface area contributed by atoms with E-state index in [-0.39, 0.29) is 18.4 Å². The van der Waals surface area contributed by atoms with Crippen LogP contribution in [0.1, 0.15) is 22.3 Å². The Morgan fingerprint density at radius 1 is 1.07 bits per heavy atom. The fraction of sp³-hybridized carbons (Fsp3) is 0.333. The molecule has 0 aromatic heterocycles. The van der Waals surface area contributed by atoms with Crippen LogP contribution in [0.25, 0.3) is 0 Å². The molecule has 2 aromatic carbocycles. The van der Waals surface area contributed by atoms with Gasteiger partial charge >= 0.3 is 0 Å². The van der Waals surface area contributed by atoms with Gasteiger partial charge < -0.3 is 20.3 Å². The van der Waals surface area contributed by atoms with Gasteiger partial charge in [0.15, 0.2) is 0 Å². The average molecular weight is 369 g/mol. The van der Waals surface area contributed by atoms with Gasteiger partial charge in [-0.3, -0.25) is 9.59 Å². The van der Waals surface area contributed by atoms with Crippen molar-refractivity contribution in [1.82, 2.24) is 10.2 Å². The summed E-state index contributed by atoms with van der Waals surface area (Å²) in [7, 11) is 3.42. The zero-order valence-corrected chi connectivity index (χ0v) is 15.9. The first kappa shape index (κ1) is 20.6. The van der Waals surface area contributed by atoms with Gasteiger partial charge in [0, 0.05) is 38.6 Å². The summed E-state index contributed by atoms with van der Waals surface area (Å²) in [6.45, 7) is 2.12. The number of nitrogens with zero attached hydrogens (tertiary/aromatic N) is 1. The van der Waals surface area contributed by atoms with E-state index in [9.17, 15) is 9.59 Å². The van der Waals surface area contributed by atoms with Crippen LogP contribution in [0.2, 0.25) is 0 Å². The number of carbonyl (C=O) groups is 2. The molecule has 6 heteroatoms. The summed E-state index contributed by atoms with van der Waals surface area (Å²) in [5.74, 6) is -0.234. The molecule has 0 bridgehead atoms. The Labute approximate surface area is 160 Å². The van der Waals surface area contributed by atoms with Crippen LogP contribution < -0.4 is 10.6 Å². The Balaban J connectivity index is 1.88. The minimum absolute atomic E-state index is 0.0901. The molecule has 144 valence electrons. The van der Waals surface area contributed by atoms with Gasteiger partial charge in [0.05, 0.1) is 6.54 Å². The van der Waals surface area contributed by atoms with Crippen LogP contribution in [0.4, 0.5) is 5.69 Å². The van der Waals surface area contributed by atoms with Crippen molar-refractivity contribution in [3.8, 4) is 0 Å². The molecule has 0 radical (unpaired) electrons. The lowest BCUT2D eigenvalue weighted by molar-refractivity contribution is -0.115. The monoisotopic (exact) mass is 369 g/mol. The minimum Gasteiger partial charge on any atom is -0.385 e. The van der Waals surface area contributed by atoms with Crippen molar-refractivity contribution in [1.29, 1.82) is 0 Å². The van der Waals surface area contributed by atoms with Crippen molar-refractivity contribution in [2.75, 3.05) is 39.2 Å². The van der Waals surface area contributed by atoms with Crippen LogP contribution in [0, 0.1) is 0 Å². The fourth-order valence-electron chi connectivity index (χ4n) is 2.63. The molecule has 0 spiro atoms. The van der Waals surface area contributed by atoms with E-state index in [4.69, 9.17) is 4.74 Å². The van der Waals surface area contributed by atoms with Crippen molar-refractivity contribution >= 4 is 17.5 Å². The largest absolute Gasteiger partial charge is 0.385 e. The van der Waals surface area contributed by atoms with Gasteiger partial charge in [-0.1, -0.05) is 36.4 Å². The van der Waals surface area contributed by atoms with Crippen LogP contribution in [0.15, 0.2) is 54.6 Å². The molecule has 0 aliphatic heterocycles. The number of rotatable bonds is 10. The highest BCUT2D eigenvalue weighted by atomic mass is 16.5. The Morgan fingerprint density at radius 2 is 1.85 bits per heavy atom. The number of amides is 2. The van der Waals surface area contributed by atoms with Crippen LogP contribution in [0.3, 0.4) is 0 Å². The molecular weight excluding hydrogens is 342 g/mol. The highest BCUT2D eigenvalue weighted by Crippen LogP contribution is 2.14. The summed E-state index contributed by atoms with van der Waals surface area (Å²) < 4.78 is 4.96. The molecule has 0 heterocycles. The number of ether oxygens (including phenoxy) is 1. The van der Waals surface area contributed by atoms with Crippen LogP contribution in [0.5, 0.6) is 0 Å². The Morgan fingerprint density at radius 3 is 2.59 bits per heavy atom. The molecule has 0 saturated heterocycles. The second-order valence-corrected chi connectivity index (χ2v) is 6.30. The smallest absolute Gasteiger partial charge is 0.253 e. The predicted octanol–water partition coefficient (Wildman–Crippen LogP) is 2.52. The Kier molecular flexibility index (Phi) is 8.48. The molecule has 27 heavy (non-hydrogen) atoms. The van der Waals surface area contributed by atoms with Crippen molar-refractivity contribution in [3.63, 3.8) is 0 Å². The molecule has 0 fully saturated rings. The van der Waals surface area contributed by atoms with Gasteiger partial charge in [-0.25, -0.2) is 0 Å². The van der Waals surface area contributed by atoms with E-state index < -0.39 is 0 Å². The molecule has 0 aliphatic carbocycles. The molecular formula is C21H27N3O3. The molecule has 2 N–H and O–H groups in total. The zero-order chi connectivity index (χ0) is 19.5. The van der Waals surface area contributed by atoms with Gasteiger partial charge in [-0.15, -0.1) is 0 Å². The van der Waals surface area contributed by atoms with Gasteiger partial charge in [0.2, 0.25) is 5.91 Å². The summed E-state index contributed by atoms with van der Waals surface area (Å²) >= 11 is 0. The van der Waals surface area contributed by atoms with Crippen molar-refractivity contribution in [2.45, 2.75) is 13.0 Å². The number of nitrogens with one attached hydrogen (secondary N) is 2. The number of carbonyl (C=O) groups excluding carboxylic acids is 2. The molecule has 2 amide bonds. The molecule has 0 unspecified atom stereocenters. The molecule has 6 nitrogen and oxygen atoms in total. The van der Waals surface area contributed by atoms with Gasteiger partial charge in [0.1, 0.15) is 0 Å². The molecule has 0 saturated carbocycles. The Hall–Kier alpha value is -2.70. The fourth-order valence-corrected chi connectivity index (χ4v) is 2.63. The van der Waals surface area contributed by atoms with Crippen molar-refractivity contribution in [3.05, 3.63) is 65.7 Å². The first-order chi connectivity index (χ1) is 13.1. The topological polar surface area (TPSA) is 70.7 Å². The third kappa shape index (κ3) is 7.21. The van der Waals surface area contributed by atoms with Crippen LogP contribution in [-0.4, -0.2) is 50.6 Å². The van der Waals surface area contributed by atoms with E-state index in [0.717, 1.165) is 12.0 Å². The lowest BCUT2D eigenvalue weighted by Crippen LogP contribution is -2.29. The number of anilines is 1. The lowest BCUT2D eigenvalue weighted by atomic mass is 10.1. The second-order valence-electron chi connectivity index (χ2n) is 6.30. The van der Waals surface area contributed by atoms with Crippen molar-refractivity contribution < 1.29 is 14.3 Å². The number of hydrogen-bond donors (Lipinski definition) is 2. The molecule has 2 rings (SSSR count). The van der Waals surface area contributed by atoms with E-state index in [1.165, 1.54) is 0 Å². The summed E-state index contributed by atoms with van der Waals surface area (Å²) in [6, 6.07) is 16.8. The molecule has 2 aromatic rings. The van der Waals surface area contributed by atoms with Gasteiger partial charge in [-0.2, -0.15) is 0 Å². The standard InChI is InChI=1S/C21H27N3O3/c1-24(16-17-8-4-3-5-9-17)21(26)18-10-6-11-19(14-18)23-20(25)15-22-12-7-13-27-2/h3-6,8-11,14,22H,7,12-13,15-16H2,1-2H3,(H,23,25). The van der Waals surface area contributed by atoms with Crippen molar-refractivity contribution in [2.24, 2.45) is 0 Å². The highest BCUT2D eigenvalue weighted by Gasteiger charge is 2.13. The summed E-state index contributed by atoms with van der Waals surface area (Å²) in [4.78, 5) is 26.3. The molecule has 0 aliphatic rings. The van der Waals surface area contributed by atoms with E-state index in [1.807, 2.05) is 30.3 Å². The Bertz CT molecular complexity index is 734. The lowest BCUT2D eigenvalue weighted by Gasteiger charge is -2.18. The zero-order valence-electron chi connectivity index (χ0n) is 15.9. The predicted molar refractivity (Wildman–Crippen MR) is 107 cm³/mol. The first-order valence-electron chi connectivity index (χ1n) is 8.99. The highest BCUT2D eigenvalue weighted by molar-refractivity contribution is 5.97. The quantitative estimate of drug-likeness (QED) is 0.632. The maximum atomic E-state index is 12.6. The summed E-state index contributed by atoms with van der Waals surface area (Å²) in [5.41, 5.74) is 2.22. The third-order valence-corrected chi connectivity index (χ3v) is 3.99. The average Bonchev–Trinajstić information content (AvgIpc) is 2.68. The number of methoxy groups -OCH3 is 1. The number of benzene rings is 2. The first-order valence-corrected chi connectivity index (χ1v) is 8.99. The third-order valence-electron chi connectivity index (χ3n) is 3.99. The normalized spacial score (nSPS) is 10.4. The SMILES string of the molecule is COCCCNCC(=O)Nc1cccc(C(=O)N(C)Cc2ccccc2)c1. The maximum absolute atomic E-state index is 12.6. The summed E-state index contributed by atoms with van der Waals surface area (Å²) in [6.07, 6.45) is 0.849. The number of hydrogen-bond acceptors (Lipinski definition) is 4. The second kappa shape index (κ2) is 11.1.